The molecule has 0 aliphatic rings. The second-order valence-electron chi connectivity index (χ2n) is 2.57. The first kappa shape index (κ1) is 9.54. The van der Waals surface area contributed by atoms with Gasteiger partial charge >= 0.3 is 0 Å². The van der Waals surface area contributed by atoms with Crippen LogP contribution in [0, 0.1) is 0 Å². The normalized spacial score (nSPS) is 10.9. The van der Waals surface area contributed by atoms with Crippen molar-refractivity contribution < 1.29 is 5.11 Å². The van der Waals surface area contributed by atoms with E-state index in [0.717, 1.165) is 12.7 Å². The van der Waals surface area contributed by atoms with Crippen LogP contribution in [0.1, 0.15) is 45.4 Å². The molecule has 0 heterocycles. The lowest BCUT2D eigenvalue weighted by molar-refractivity contribution is 0.349. The molecule has 0 aliphatic heterocycles. The largest absolute Gasteiger partial charge is 0.299 e. The van der Waals surface area contributed by atoms with Crippen molar-refractivity contribution in [2.75, 3.05) is 0 Å². The fourth-order valence-corrected chi connectivity index (χ4v) is 0.934. The third-order valence-corrected chi connectivity index (χ3v) is 1.57. The lowest BCUT2D eigenvalue weighted by Crippen LogP contribution is -1.75. The lowest BCUT2D eigenvalue weighted by Gasteiger charge is -1.94. The van der Waals surface area contributed by atoms with Crippen LogP contribution in [-0.4, -0.2) is 0 Å². The average Bonchev–Trinajstić information content (AvgIpc) is 1.97. The minimum absolute atomic E-state index is 0.889. The Morgan fingerprint density at radius 3 is 2.40 bits per heavy atom. The lowest BCUT2D eigenvalue weighted by atomic mass is 10.1. The highest BCUT2D eigenvalue weighted by Gasteiger charge is 1.85. The molecule has 0 aliphatic carbocycles. The van der Waals surface area contributed by atoms with Crippen LogP contribution in [0.25, 0.3) is 0 Å². The van der Waals surface area contributed by atoms with Crippen molar-refractivity contribution in [2.24, 2.45) is 0 Å². The summed E-state index contributed by atoms with van der Waals surface area (Å²) >= 11 is 0. The summed E-state index contributed by atoms with van der Waals surface area (Å²) < 4.78 is 0. The molecule has 0 amide bonds. The van der Waals surface area contributed by atoms with Gasteiger partial charge in [0.05, 0.1) is 0 Å². The first-order valence-corrected chi connectivity index (χ1v) is 4.18. The zero-order valence-corrected chi connectivity index (χ0v) is 6.81. The maximum atomic E-state index is 9.84. The molecule has 0 unspecified atom stereocenters. The molecule has 59 valence electrons. The topological polar surface area (TPSA) is 19.9 Å². The molecule has 1 nitrogen and oxygen atoms in total. The Kier molecular flexibility index (Phi) is 8.15. The molecule has 0 atom stereocenters. The van der Waals surface area contributed by atoms with Crippen molar-refractivity contribution >= 4 is 0 Å². The predicted molar refractivity (Wildman–Crippen MR) is 43.2 cm³/mol. The first-order valence-electron chi connectivity index (χ1n) is 4.18. The van der Waals surface area contributed by atoms with E-state index in [4.69, 9.17) is 0 Å². The van der Waals surface area contributed by atoms with Crippen molar-refractivity contribution in [1.29, 1.82) is 0 Å². The van der Waals surface area contributed by atoms with E-state index in [1.807, 2.05) is 0 Å². The van der Waals surface area contributed by atoms with Gasteiger partial charge < -0.3 is 0 Å². The molecule has 0 aromatic heterocycles. The highest BCUT2D eigenvalue weighted by atomic mass is 16.2. The summed E-state index contributed by atoms with van der Waals surface area (Å²) in [4.78, 5) is 0. The van der Waals surface area contributed by atoms with Crippen molar-refractivity contribution in [3.05, 3.63) is 12.3 Å². The Hall–Kier alpha value is -0.460. The van der Waals surface area contributed by atoms with Gasteiger partial charge in [0.15, 0.2) is 0 Å². The van der Waals surface area contributed by atoms with Crippen LogP contribution in [0.5, 0.6) is 0 Å². The van der Waals surface area contributed by atoms with Crippen LogP contribution in [0.3, 0.4) is 0 Å². The third kappa shape index (κ3) is 7.54. The second kappa shape index (κ2) is 8.54. The molecule has 1 radical (unpaired) electrons. The summed E-state index contributed by atoms with van der Waals surface area (Å²) in [5.41, 5.74) is 0. The van der Waals surface area contributed by atoms with Crippen molar-refractivity contribution in [3.63, 3.8) is 0 Å². The number of hydrogen-bond donors (Lipinski definition) is 0. The zero-order chi connectivity index (χ0) is 7.66. The highest BCUT2D eigenvalue weighted by molar-refractivity contribution is 4.70. The van der Waals surface area contributed by atoms with Gasteiger partial charge in [0.25, 0.3) is 0 Å². The van der Waals surface area contributed by atoms with Gasteiger partial charge in [0.1, 0.15) is 6.26 Å². The SMILES string of the molecule is CCCCCCCC=C[O]. The van der Waals surface area contributed by atoms with Crippen molar-refractivity contribution in [3.8, 4) is 0 Å². The number of hydrogen-bond acceptors (Lipinski definition) is 0. The van der Waals surface area contributed by atoms with E-state index >= 15 is 0 Å². The van der Waals surface area contributed by atoms with Crippen LogP contribution in [0.15, 0.2) is 12.3 Å². The minimum atomic E-state index is 0.889. The molecule has 0 spiro atoms. The number of rotatable bonds is 6. The van der Waals surface area contributed by atoms with Gasteiger partial charge in [-0.2, -0.15) is 0 Å². The quantitative estimate of drug-likeness (QED) is 0.399. The maximum absolute atomic E-state index is 9.84. The van der Waals surface area contributed by atoms with E-state index in [2.05, 4.69) is 6.92 Å². The number of unbranched alkanes of at least 4 members (excludes halogenated alkanes) is 5. The van der Waals surface area contributed by atoms with Crippen LogP contribution in [0.4, 0.5) is 0 Å². The summed E-state index contributed by atoms with van der Waals surface area (Å²) in [6.45, 7) is 2.21. The fourth-order valence-electron chi connectivity index (χ4n) is 0.934. The van der Waals surface area contributed by atoms with E-state index in [1.54, 1.807) is 6.08 Å². The maximum Gasteiger partial charge on any atom is 0.138 e. The van der Waals surface area contributed by atoms with Gasteiger partial charge in [0, 0.05) is 0 Å². The summed E-state index contributed by atoms with van der Waals surface area (Å²) in [7, 11) is 0. The third-order valence-electron chi connectivity index (χ3n) is 1.57. The van der Waals surface area contributed by atoms with Crippen LogP contribution < -0.4 is 0 Å². The van der Waals surface area contributed by atoms with Gasteiger partial charge in [-0.05, 0) is 18.9 Å². The van der Waals surface area contributed by atoms with Gasteiger partial charge in [-0.25, -0.2) is 0 Å². The molecular formula is C9H17O. The molecule has 0 aromatic rings. The Bertz CT molecular complexity index is 76.8. The molecular weight excluding hydrogens is 124 g/mol. The van der Waals surface area contributed by atoms with E-state index < -0.39 is 0 Å². The van der Waals surface area contributed by atoms with Crippen molar-refractivity contribution in [2.45, 2.75) is 45.4 Å². The van der Waals surface area contributed by atoms with Crippen LogP contribution >= 0.6 is 0 Å². The van der Waals surface area contributed by atoms with E-state index in [0.29, 0.717) is 0 Å². The Balaban J connectivity index is 2.77. The Morgan fingerprint density at radius 1 is 1.10 bits per heavy atom. The summed E-state index contributed by atoms with van der Waals surface area (Å²) in [6.07, 6.45) is 9.96. The molecule has 0 N–H and O–H groups in total. The minimum Gasteiger partial charge on any atom is -0.299 e. The van der Waals surface area contributed by atoms with Crippen LogP contribution in [-0.2, 0) is 5.11 Å². The van der Waals surface area contributed by atoms with E-state index in [-0.39, 0.29) is 0 Å². The smallest absolute Gasteiger partial charge is 0.138 e. The van der Waals surface area contributed by atoms with Crippen molar-refractivity contribution in [1.82, 2.24) is 0 Å². The summed E-state index contributed by atoms with van der Waals surface area (Å²) in [5, 5.41) is 9.84. The monoisotopic (exact) mass is 141 g/mol. The first-order chi connectivity index (χ1) is 4.91. The van der Waals surface area contributed by atoms with Gasteiger partial charge in [0.2, 0.25) is 0 Å². The van der Waals surface area contributed by atoms with Gasteiger partial charge in [-0.3, -0.25) is 5.11 Å². The van der Waals surface area contributed by atoms with E-state index in [1.165, 1.54) is 32.1 Å². The molecule has 10 heavy (non-hydrogen) atoms. The molecule has 0 fully saturated rings. The molecule has 0 saturated heterocycles. The zero-order valence-electron chi connectivity index (χ0n) is 6.81. The Morgan fingerprint density at radius 2 is 1.80 bits per heavy atom. The van der Waals surface area contributed by atoms with Gasteiger partial charge in [-0.1, -0.05) is 32.6 Å². The Labute approximate surface area is 63.8 Å². The predicted octanol–water partition coefficient (Wildman–Crippen LogP) is 3.29. The number of allylic oxidation sites excluding steroid dienone is 1. The average molecular weight is 141 g/mol. The van der Waals surface area contributed by atoms with E-state index in [9.17, 15) is 5.11 Å². The molecule has 0 saturated carbocycles. The fraction of sp³-hybridized carbons (Fsp3) is 0.778. The summed E-state index contributed by atoms with van der Waals surface area (Å²) in [6, 6.07) is 0. The summed E-state index contributed by atoms with van der Waals surface area (Å²) in [5.74, 6) is 0. The van der Waals surface area contributed by atoms with Crippen LogP contribution in [0.2, 0.25) is 0 Å². The molecule has 0 aromatic carbocycles. The molecule has 0 bridgehead atoms. The molecule has 1 heteroatoms. The molecule has 0 rings (SSSR count). The van der Waals surface area contributed by atoms with Gasteiger partial charge in [-0.15, -0.1) is 0 Å². The standard InChI is InChI=1S/C9H17O/c1-2-3-4-5-6-7-8-9-10/h8-9H,2-7H2,1H3. The highest BCUT2D eigenvalue weighted by Crippen LogP contribution is 2.04. The second-order valence-corrected chi connectivity index (χ2v) is 2.57.